The summed E-state index contributed by atoms with van der Waals surface area (Å²) in [5, 5.41) is 9.06. The van der Waals surface area contributed by atoms with E-state index in [-0.39, 0.29) is 18.3 Å². The van der Waals surface area contributed by atoms with Crippen molar-refractivity contribution in [2.24, 2.45) is 5.92 Å². The first kappa shape index (κ1) is 11.4. The molecule has 1 aromatic rings. The number of fused-ring (bicyclic) bond motifs is 1. The van der Waals surface area contributed by atoms with Crippen LogP contribution in [0.5, 0.6) is 0 Å². The number of hydrogen-bond acceptors (Lipinski definition) is 3. The Balaban J connectivity index is 2.02. The Kier molecular flexibility index (Phi) is 2.49. The maximum absolute atomic E-state index is 13.9. The number of hydrogen-bond donors (Lipinski definition) is 2. The highest BCUT2D eigenvalue weighted by Crippen LogP contribution is 2.41. The number of benzene rings is 1. The molecule has 3 rings (SSSR count). The Labute approximate surface area is 103 Å². The zero-order valence-corrected chi connectivity index (χ0v) is 9.60. The molecule has 2 N–H and O–H groups in total. The van der Waals surface area contributed by atoms with Crippen LogP contribution in [0, 0.1) is 11.7 Å². The molecule has 96 valence electrons. The molecule has 0 aromatic heterocycles. The fourth-order valence-electron chi connectivity index (χ4n) is 2.83. The van der Waals surface area contributed by atoms with E-state index in [2.05, 4.69) is 5.48 Å². The van der Waals surface area contributed by atoms with Gasteiger partial charge in [0.1, 0.15) is 5.82 Å². The van der Waals surface area contributed by atoms with Crippen molar-refractivity contribution in [2.45, 2.75) is 5.54 Å². The lowest BCUT2D eigenvalue weighted by molar-refractivity contribution is 0.0468. The third kappa shape index (κ3) is 1.49. The number of halogens is 1. The molecule has 2 fully saturated rings. The van der Waals surface area contributed by atoms with Gasteiger partial charge in [0.15, 0.2) is 0 Å². The van der Waals surface area contributed by atoms with Gasteiger partial charge in [0, 0.05) is 24.6 Å². The zero-order valence-electron chi connectivity index (χ0n) is 9.60. The second kappa shape index (κ2) is 3.93. The summed E-state index contributed by atoms with van der Waals surface area (Å²) in [6.45, 7) is 0.947. The molecule has 1 amide bonds. The minimum absolute atomic E-state index is 0.0644. The van der Waals surface area contributed by atoms with Crippen molar-refractivity contribution in [3.05, 3.63) is 35.6 Å². The minimum Gasteiger partial charge on any atom is -0.465 e. The maximum atomic E-state index is 13.9. The molecular weight excluding hydrogens is 239 g/mol. The van der Waals surface area contributed by atoms with E-state index in [0.717, 1.165) is 0 Å². The van der Waals surface area contributed by atoms with Gasteiger partial charge in [-0.25, -0.2) is 9.18 Å². The number of amides is 1. The Morgan fingerprint density at radius 3 is 3.06 bits per heavy atom. The fraction of sp³-hybridized carbons (Fsp3) is 0.417. The van der Waals surface area contributed by atoms with Gasteiger partial charge in [-0.1, -0.05) is 18.2 Å². The first-order valence-corrected chi connectivity index (χ1v) is 5.75. The van der Waals surface area contributed by atoms with Crippen LogP contribution in [-0.2, 0) is 10.4 Å². The van der Waals surface area contributed by atoms with E-state index in [1.165, 1.54) is 11.0 Å². The zero-order chi connectivity index (χ0) is 12.8. The molecule has 0 bridgehead atoms. The summed E-state index contributed by atoms with van der Waals surface area (Å²) in [6.07, 6.45) is -0.984. The molecule has 2 atom stereocenters. The molecule has 2 saturated heterocycles. The average molecular weight is 252 g/mol. The van der Waals surface area contributed by atoms with Crippen molar-refractivity contribution >= 4 is 6.09 Å². The number of rotatable bonds is 1. The third-order valence-corrected chi connectivity index (χ3v) is 3.74. The molecule has 2 unspecified atom stereocenters. The average Bonchev–Trinajstić information content (AvgIpc) is 2.86. The molecule has 0 saturated carbocycles. The number of carbonyl (C=O) groups is 1. The summed E-state index contributed by atoms with van der Waals surface area (Å²) in [7, 11) is 0. The number of nitrogens with one attached hydrogen (secondary N) is 1. The summed E-state index contributed by atoms with van der Waals surface area (Å²) in [4.78, 5) is 17.6. The summed E-state index contributed by atoms with van der Waals surface area (Å²) in [5.41, 5.74) is 2.54. The van der Waals surface area contributed by atoms with E-state index in [1.807, 2.05) is 0 Å². The maximum Gasteiger partial charge on any atom is 0.407 e. The highest BCUT2D eigenvalue weighted by molar-refractivity contribution is 5.66. The molecule has 18 heavy (non-hydrogen) atoms. The molecule has 0 aliphatic carbocycles. The van der Waals surface area contributed by atoms with E-state index in [0.29, 0.717) is 18.7 Å². The SMILES string of the molecule is O=C(O)N1CC2CONC2(c2ccccc2F)C1. The summed E-state index contributed by atoms with van der Waals surface area (Å²) < 4.78 is 13.9. The monoisotopic (exact) mass is 252 g/mol. The molecule has 2 aliphatic rings. The number of carboxylic acid groups (broad SMARTS) is 1. The lowest BCUT2D eigenvalue weighted by Gasteiger charge is -2.27. The Morgan fingerprint density at radius 2 is 2.33 bits per heavy atom. The minimum atomic E-state index is -0.984. The highest BCUT2D eigenvalue weighted by atomic mass is 19.1. The van der Waals surface area contributed by atoms with Crippen molar-refractivity contribution in [1.82, 2.24) is 10.4 Å². The molecule has 1 aromatic carbocycles. The third-order valence-electron chi connectivity index (χ3n) is 3.74. The van der Waals surface area contributed by atoms with E-state index < -0.39 is 11.6 Å². The fourth-order valence-corrected chi connectivity index (χ4v) is 2.83. The van der Waals surface area contributed by atoms with Crippen LogP contribution in [0.4, 0.5) is 9.18 Å². The molecule has 0 radical (unpaired) electrons. The lowest BCUT2D eigenvalue weighted by Crippen LogP contribution is -2.44. The van der Waals surface area contributed by atoms with E-state index in [1.54, 1.807) is 18.2 Å². The van der Waals surface area contributed by atoms with Gasteiger partial charge in [-0.05, 0) is 6.07 Å². The van der Waals surface area contributed by atoms with Crippen molar-refractivity contribution in [2.75, 3.05) is 19.7 Å². The summed E-state index contributed by atoms with van der Waals surface area (Å²) in [5.74, 6) is -0.404. The van der Waals surface area contributed by atoms with Crippen molar-refractivity contribution in [3.8, 4) is 0 Å². The van der Waals surface area contributed by atoms with E-state index in [9.17, 15) is 9.18 Å². The first-order valence-electron chi connectivity index (χ1n) is 5.75. The standard InChI is InChI=1S/C12H13FN2O3/c13-10-4-2-1-3-9(10)12-7-15(11(16)17)5-8(12)6-18-14-12/h1-4,8,14H,5-7H2,(H,16,17). The summed E-state index contributed by atoms with van der Waals surface area (Å²) in [6, 6.07) is 6.41. The van der Waals surface area contributed by atoms with E-state index in [4.69, 9.17) is 9.94 Å². The molecule has 6 heteroatoms. The Morgan fingerprint density at radius 1 is 1.56 bits per heavy atom. The predicted molar refractivity (Wildman–Crippen MR) is 60.3 cm³/mol. The second-order valence-corrected chi connectivity index (χ2v) is 4.72. The normalized spacial score (nSPS) is 30.5. The molecule has 5 nitrogen and oxygen atoms in total. The molecular formula is C12H13FN2O3. The van der Waals surface area contributed by atoms with Crippen LogP contribution in [0.15, 0.2) is 24.3 Å². The van der Waals surface area contributed by atoms with Crippen LogP contribution < -0.4 is 5.48 Å². The van der Waals surface area contributed by atoms with Gasteiger partial charge >= 0.3 is 6.09 Å². The van der Waals surface area contributed by atoms with Crippen LogP contribution in [-0.4, -0.2) is 35.8 Å². The van der Waals surface area contributed by atoms with Gasteiger partial charge in [-0.3, -0.25) is 0 Å². The topological polar surface area (TPSA) is 61.8 Å². The summed E-state index contributed by atoms with van der Waals surface area (Å²) >= 11 is 0. The van der Waals surface area contributed by atoms with Crippen molar-refractivity contribution < 1.29 is 19.1 Å². The lowest BCUT2D eigenvalue weighted by atomic mass is 9.82. The van der Waals surface area contributed by atoms with Gasteiger partial charge in [0.25, 0.3) is 0 Å². The highest BCUT2D eigenvalue weighted by Gasteiger charge is 2.54. The van der Waals surface area contributed by atoms with Gasteiger partial charge in [-0.15, -0.1) is 0 Å². The quantitative estimate of drug-likeness (QED) is 0.787. The van der Waals surface area contributed by atoms with Gasteiger partial charge < -0.3 is 14.8 Å². The molecule has 2 aliphatic heterocycles. The Hall–Kier alpha value is -1.66. The van der Waals surface area contributed by atoms with Crippen molar-refractivity contribution in [3.63, 3.8) is 0 Å². The number of nitrogens with zero attached hydrogens (tertiary/aromatic N) is 1. The van der Waals surface area contributed by atoms with Crippen LogP contribution in [0.2, 0.25) is 0 Å². The second-order valence-electron chi connectivity index (χ2n) is 4.72. The van der Waals surface area contributed by atoms with Crippen LogP contribution >= 0.6 is 0 Å². The van der Waals surface area contributed by atoms with Gasteiger partial charge in [0.2, 0.25) is 0 Å². The van der Waals surface area contributed by atoms with Gasteiger partial charge in [-0.2, -0.15) is 5.48 Å². The van der Waals surface area contributed by atoms with Crippen LogP contribution in [0.3, 0.4) is 0 Å². The van der Waals surface area contributed by atoms with Crippen molar-refractivity contribution in [1.29, 1.82) is 0 Å². The van der Waals surface area contributed by atoms with Crippen LogP contribution in [0.25, 0.3) is 0 Å². The van der Waals surface area contributed by atoms with E-state index >= 15 is 0 Å². The molecule has 2 heterocycles. The first-order chi connectivity index (χ1) is 8.63. The van der Waals surface area contributed by atoms with Gasteiger partial charge in [0.05, 0.1) is 12.1 Å². The Bertz CT molecular complexity index is 496. The number of hydroxylamine groups is 1. The number of likely N-dealkylation sites (tertiary alicyclic amines) is 1. The van der Waals surface area contributed by atoms with Crippen LogP contribution in [0.1, 0.15) is 5.56 Å². The molecule has 0 spiro atoms. The predicted octanol–water partition coefficient (Wildman–Crippen LogP) is 1.17. The smallest absolute Gasteiger partial charge is 0.407 e. The largest absolute Gasteiger partial charge is 0.465 e.